The lowest BCUT2D eigenvalue weighted by Crippen LogP contribution is -2.42. The van der Waals surface area contributed by atoms with Gasteiger partial charge < -0.3 is 5.32 Å². The highest BCUT2D eigenvalue weighted by molar-refractivity contribution is 5.28. The van der Waals surface area contributed by atoms with Gasteiger partial charge in [-0.05, 0) is 16.5 Å². The molecule has 1 saturated heterocycles. The molecule has 0 radical (unpaired) electrons. The third kappa shape index (κ3) is 5.33. The molecule has 19 heavy (non-hydrogen) atoms. The summed E-state index contributed by atoms with van der Waals surface area (Å²) in [5, 5.41) is 3.39. The summed E-state index contributed by atoms with van der Waals surface area (Å²) in [6, 6.07) is 9.04. The van der Waals surface area contributed by atoms with Gasteiger partial charge >= 0.3 is 0 Å². The molecule has 0 bridgehead atoms. The van der Waals surface area contributed by atoms with Crippen molar-refractivity contribution in [3.63, 3.8) is 0 Å². The fourth-order valence-corrected chi connectivity index (χ4v) is 2.26. The average Bonchev–Trinajstić information content (AvgIpc) is 2.41. The minimum Gasteiger partial charge on any atom is -0.314 e. The largest absolute Gasteiger partial charge is 0.314 e. The summed E-state index contributed by atoms with van der Waals surface area (Å²) >= 11 is 0. The van der Waals surface area contributed by atoms with Crippen molar-refractivity contribution in [2.24, 2.45) is 0 Å². The average molecular weight is 262 g/mol. The molecular formula is C17H30N2. The van der Waals surface area contributed by atoms with Crippen LogP contribution in [0.5, 0.6) is 0 Å². The first-order chi connectivity index (χ1) is 9.05. The third-order valence-electron chi connectivity index (χ3n) is 3.41. The lowest BCUT2D eigenvalue weighted by Gasteiger charge is -2.28. The zero-order chi connectivity index (χ0) is 14.3. The molecule has 0 spiro atoms. The van der Waals surface area contributed by atoms with E-state index in [1.54, 1.807) is 0 Å². The first-order valence-corrected chi connectivity index (χ1v) is 7.58. The smallest absolute Gasteiger partial charge is 0.0234 e. The number of benzene rings is 1. The zero-order valence-corrected chi connectivity index (χ0v) is 13.3. The molecule has 1 heterocycles. The predicted molar refractivity (Wildman–Crippen MR) is 84.6 cm³/mol. The van der Waals surface area contributed by atoms with E-state index in [0.717, 1.165) is 19.6 Å². The second kappa shape index (κ2) is 7.66. The van der Waals surface area contributed by atoms with E-state index < -0.39 is 0 Å². The molecule has 2 nitrogen and oxygen atoms in total. The molecule has 1 fully saturated rings. The second-order valence-corrected chi connectivity index (χ2v) is 5.98. The first kappa shape index (κ1) is 16.2. The Balaban J connectivity index is 0.000000861. The van der Waals surface area contributed by atoms with Crippen LogP contribution in [-0.4, -0.2) is 31.1 Å². The molecule has 1 N–H and O–H groups in total. The van der Waals surface area contributed by atoms with Crippen LogP contribution in [0.15, 0.2) is 24.3 Å². The van der Waals surface area contributed by atoms with E-state index >= 15 is 0 Å². The lowest BCUT2D eigenvalue weighted by molar-refractivity contribution is 0.233. The number of piperazine rings is 1. The Hall–Kier alpha value is -0.860. The van der Waals surface area contributed by atoms with Crippen LogP contribution in [-0.2, 0) is 12.0 Å². The predicted octanol–water partition coefficient (Wildman–Crippen LogP) is 3.42. The summed E-state index contributed by atoms with van der Waals surface area (Å²) in [7, 11) is 0. The molecule has 108 valence electrons. The Morgan fingerprint density at radius 2 is 1.74 bits per heavy atom. The van der Waals surface area contributed by atoms with Crippen LogP contribution in [0.4, 0.5) is 0 Å². The minimum absolute atomic E-state index is 0.249. The summed E-state index contributed by atoms with van der Waals surface area (Å²) in [5.41, 5.74) is 3.13. The quantitative estimate of drug-likeness (QED) is 0.878. The van der Waals surface area contributed by atoms with E-state index in [1.807, 2.05) is 13.8 Å². The standard InChI is InChI=1S/C15H24N2.C2H6/c1-15(2,3)14-6-4-5-13(11-14)12-17-9-7-16-8-10-17;1-2/h4-6,11,16H,7-10,12H2,1-3H3;1-2H3. The Kier molecular flexibility index (Phi) is 6.53. The molecule has 0 saturated carbocycles. The van der Waals surface area contributed by atoms with E-state index in [2.05, 4.69) is 55.3 Å². The van der Waals surface area contributed by atoms with E-state index in [4.69, 9.17) is 0 Å². The first-order valence-electron chi connectivity index (χ1n) is 7.58. The normalized spacial score (nSPS) is 16.7. The van der Waals surface area contributed by atoms with Crippen LogP contribution in [0.2, 0.25) is 0 Å². The van der Waals surface area contributed by atoms with Crippen molar-refractivity contribution in [3.8, 4) is 0 Å². The van der Waals surface area contributed by atoms with Gasteiger partial charge in [-0.25, -0.2) is 0 Å². The second-order valence-electron chi connectivity index (χ2n) is 5.98. The van der Waals surface area contributed by atoms with Gasteiger partial charge in [0.15, 0.2) is 0 Å². The van der Waals surface area contributed by atoms with Crippen LogP contribution < -0.4 is 5.32 Å². The van der Waals surface area contributed by atoms with Crippen LogP contribution in [0, 0.1) is 0 Å². The van der Waals surface area contributed by atoms with Crippen LogP contribution in [0.3, 0.4) is 0 Å². The van der Waals surface area contributed by atoms with Gasteiger partial charge in [0.1, 0.15) is 0 Å². The van der Waals surface area contributed by atoms with E-state index in [-0.39, 0.29) is 5.41 Å². The van der Waals surface area contributed by atoms with Crippen molar-refractivity contribution >= 4 is 0 Å². The lowest BCUT2D eigenvalue weighted by atomic mass is 9.86. The van der Waals surface area contributed by atoms with Gasteiger partial charge in [0.2, 0.25) is 0 Å². The topological polar surface area (TPSA) is 15.3 Å². The highest BCUT2D eigenvalue weighted by atomic mass is 15.2. The van der Waals surface area contributed by atoms with Gasteiger partial charge in [0, 0.05) is 32.7 Å². The van der Waals surface area contributed by atoms with Crippen molar-refractivity contribution < 1.29 is 0 Å². The molecule has 1 aromatic rings. The van der Waals surface area contributed by atoms with E-state index in [1.165, 1.54) is 24.2 Å². The maximum atomic E-state index is 3.39. The molecule has 0 unspecified atom stereocenters. The van der Waals surface area contributed by atoms with Crippen LogP contribution in [0.25, 0.3) is 0 Å². The van der Waals surface area contributed by atoms with Gasteiger partial charge in [-0.1, -0.05) is 58.9 Å². The molecule has 0 atom stereocenters. The highest BCUT2D eigenvalue weighted by Gasteiger charge is 2.15. The molecule has 1 aliphatic heterocycles. The molecule has 1 aromatic carbocycles. The monoisotopic (exact) mass is 262 g/mol. The Morgan fingerprint density at radius 1 is 1.11 bits per heavy atom. The molecule has 0 aromatic heterocycles. The molecule has 2 heteroatoms. The molecular weight excluding hydrogens is 232 g/mol. The maximum absolute atomic E-state index is 3.39. The number of hydrogen-bond acceptors (Lipinski definition) is 2. The van der Waals surface area contributed by atoms with Crippen LogP contribution in [0.1, 0.15) is 45.7 Å². The van der Waals surface area contributed by atoms with Gasteiger partial charge in [0.25, 0.3) is 0 Å². The van der Waals surface area contributed by atoms with E-state index in [0.29, 0.717) is 0 Å². The van der Waals surface area contributed by atoms with Crippen molar-refractivity contribution in [1.82, 2.24) is 10.2 Å². The SMILES string of the molecule is CC.CC(C)(C)c1cccc(CN2CCNCC2)c1. The van der Waals surface area contributed by atoms with Crippen molar-refractivity contribution in [2.75, 3.05) is 26.2 Å². The van der Waals surface area contributed by atoms with Gasteiger partial charge in [-0.15, -0.1) is 0 Å². The Labute approximate surface area is 119 Å². The molecule has 0 amide bonds. The zero-order valence-electron chi connectivity index (χ0n) is 13.3. The molecule has 1 aliphatic rings. The highest BCUT2D eigenvalue weighted by Crippen LogP contribution is 2.23. The van der Waals surface area contributed by atoms with Crippen molar-refractivity contribution in [2.45, 2.75) is 46.6 Å². The Bertz CT molecular complexity index is 360. The van der Waals surface area contributed by atoms with E-state index in [9.17, 15) is 0 Å². The molecule has 0 aliphatic carbocycles. The number of nitrogens with zero attached hydrogens (tertiary/aromatic N) is 1. The number of nitrogens with one attached hydrogen (secondary N) is 1. The molecule has 2 rings (SSSR count). The third-order valence-corrected chi connectivity index (χ3v) is 3.41. The fourth-order valence-electron chi connectivity index (χ4n) is 2.26. The number of hydrogen-bond donors (Lipinski definition) is 1. The summed E-state index contributed by atoms with van der Waals surface area (Å²) < 4.78 is 0. The van der Waals surface area contributed by atoms with Crippen molar-refractivity contribution in [3.05, 3.63) is 35.4 Å². The fraction of sp³-hybridized carbons (Fsp3) is 0.647. The van der Waals surface area contributed by atoms with Crippen LogP contribution >= 0.6 is 0 Å². The minimum atomic E-state index is 0.249. The maximum Gasteiger partial charge on any atom is 0.0234 e. The number of rotatable bonds is 2. The summed E-state index contributed by atoms with van der Waals surface area (Å²) in [6.07, 6.45) is 0. The summed E-state index contributed by atoms with van der Waals surface area (Å²) in [5.74, 6) is 0. The summed E-state index contributed by atoms with van der Waals surface area (Å²) in [6.45, 7) is 16.5. The van der Waals surface area contributed by atoms with Gasteiger partial charge in [-0.3, -0.25) is 4.90 Å². The Morgan fingerprint density at radius 3 is 2.32 bits per heavy atom. The summed E-state index contributed by atoms with van der Waals surface area (Å²) in [4.78, 5) is 2.53. The van der Waals surface area contributed by atoms with Gasteiger partial charge in [-0.2, -0.15) is 0 Å². The van der Waals surface area contributed by atoms with Crippen molar-refractivity contribution in [1.29, 1.82) is 0 Å². The van der Waals surface area contributed by atoms with Gasteiger partial charge in [0.05, 0.1) is 0 Å².